The Bertz CT molecular complexity index is 393. The number of halogens is 1. The van der Waals surface area contributed by atoms with Crippen LogP contribution in [-0.4, -0.2) is 15.0 Å². The average Bonchev–Trinajstić information content (AvgIpc) is 2.27. The van der Waals surface area contributed by atoms with Crippen molar-refractivity contribution < 1.29 is 4.48 Å². The summed E-state index contributed by atoms with van der Waals surface area (Å²) in [5.74, 6) is 0. The molecule has 3 nitrogen and oxygen atoms in total. The molecule has 0 saturated heterocycles. The van der Waals surface area contributed by atoms with E-state index >= 15 is 0 Å². The maximum absolute atomic E-state index is 12.4. The molecule has 2 heterocycles. The first-order valence-corrected chi connectivity index (χ1v) is 3.25. The Morgan fingerprint density at radius 1 is 1.45 bits per heavy atom. The van der Waals surface area contributed by atoms with Crippen molar-refractivity contribution in [1.82, 2.24) is 15.0 Å². The van der Waals surface area contributed by atoms with E-state index in [1.54, 1.807) is 6.07 Å². The van der Waals surface area contributed by atoms with Crippen LogP contribution >= 0.6 is 0 Å². The van der Waals surface area contributed by atoms with Crippen molar-refractivity contribution in [1.29, 1.82) is 0 Å². The first kappa shape index (κ1) is 6.27. The highest BCUT2D eigenvalue weighted by molar-refractivity contribution is 5.73. The van der Waals surface area contributed by atoms with E-state index in [4.69, 9.17) is 0 Å². The molecule has 0 unspecified atom stereocenters. The quantitative estimate of drug-likeness (QED) is 0.570. The van der Waals surface area contributed by atoms with Gasteiger partial charge in [-0.25, -0.2) is 4.98 Å². The molecule has 2 rings (SSSR count). The standard InChI is InChI=1S/C7H6FN3/c1-5-2-3-6-4-11(8)10-7(6)9-5/h2-4H,1H3. The maximum Gasteiger partial charge on any atom is 0.184 e. The van der Waals surface area contributed by atoms with E-state index in [0.29, 0.717) is 5.65 Å². The summed E-state index contributed by atoms with van der Waals surface area (Å²) >= 11 is 0. The number of hydrogen-bond donors (Lipinski definition) is 0. The van der Waals surface area contributed by atoms with Gasteiger partial charge in [-0.3, -0.25) is 0 Å². The van der Waals surface area contributed by atoms with E-state index in [9.17, 15) is 4.48 Å². The van der Waals surface area contributed by atoms with Gasteiger partial charge in [-0.05, 0) is 19.1 Å². The van der Waals surface area contributed by atoms with Crippen molar-refractivity contribution in [3.8, 4) is 0 Å². The zero-order chi connectivity index (χ0) is 7.84. The molecule has 0 amide bonds. The lowest BCUT2D eigenvalue weighted by atomic mass is 10.3. The summed E-state index contributed by atoms with van der Waals surface area (Å²) in [7, 11) is 0. The molecule has 0 saturated carbocycles. The number of fused-ring (bicyclic) bond motifs is 1. The summed E-state index contributed by atoms with van der Waals surface area (Å²) in [5, 5.41) is 4.23. The van der Waals surface area contributed by atoms with Gasteiger partial charge in [0.25, 0.3) is 0 Å². The van der Waals surface area contributed by atoms with Gasteiger partial charge in [0.1, 0.15) is 0 Å². The van der Waals surface area contributed by atoms with Gasteiger partial charge in [-0.15, -0.1) is 10.0 Å². The fourth-order valence-electron chi connectivity index (χ4n) is 0.969. The highest BCUT2D eigenvalue weighted by atomic mass is 19.2. The van der Waals surface area contributed by atoms with Gasteiger partial charge in [0.05, 0.1) is 6.20 Å². The zero-order valence-electron chi connectivity index (χ0n) is 5.95. The second-order valence-corrected chi connectivity index (χ2v) is 2.38. The van der Waals surface area contributed by atoms with Crippen LogP contribution in [-0.2, 0) is 0 Å². The summed E-state index contributed by atoms with van der Waals surface area (Å²) in [5.41, 5.74) is 1.30. The smallest absolute Gasteiger partial charge is 0.184 e. The van der Waals surface area contributed by atoms with Gasteiger partial charge in [0.15, 0.2) is 5.65 Å². The first-order chi connectivity index (χ1) is 5.25. The van der Waals surface area contributed by atoms with E-state index < -0.39 is 0 Å². The van der Waals surface area contributed by atoms with Crippen LogP contribution in [0, 0.1) is 6.92 Å². The van der Waals surface area contributed by atoms with Crippen molar-refractivity contribution in [2.24, 2.45) is 0 Å². The Labute approximate surface area is 62.4 Å². The van der Waals surface area contributed by atoms with Crippen molar-refractivity contribution in [3.05, 3.63) is 24.0 Å². The van der Waals surface area contributed by atoms with Crippen LogP contribution in [0.25, 0.3) is 11.0 Å². The Morgan fingerprint density at radius 3 is 3.09 bits per heavy atom. The minimum absolute atomic E-state index is 0.275. The number of rotatable bonds is 0. The van der Waals surface area contributed by atoms with Gasteiger partial charge in [-0.2, -0.15) is 0 Å². The molecule has 0 N–H and O–H groups in total. The lowest BCUT2D eigenvalue weighted by Crippen LogP contribution is -1.82. The third-order valence-electron chi connectivity index (χ3n) is 1.48. The molecule has 56 valence electrons. The predicted molar refractivity (Wildman–Crippen MR) is 38.8 cm³/mol. The molecule has 0 atom stereocenters. The van der Waals surface area contributed by atoms with Crippen LogP contribution in [0.4, 0.5) is 4.48 Å². The molecule has 4 heteroatoms. The molecular weight excluding hydrogens is 145 g/mol. The fraction of sp³-hybridized carbons (Fsp3) is 0.143. The first-order valence-electron chi connectivity index (χ1n) is 3.25. The zero-order valence-corrected chi connectivity index (χ0v) is 5.95. The Kier molecular flexibility index (Phi) is 1.15. The minimum Gasteiger partial charge on any atom is -0.232 e. The van der Waals surface area contributed by atoms with Crippen LogP contribution in [0.1, 0.15) is 5.69 Å². The van der Waals surface area contributed by atoms with Crippen molar-refractivity contribution in [3.63, 3.8) is 0 Å². The van der Waals surface area contributed by atoms with Gasteiger partial charge in [0, 0.05) is 11.1 Å². The van der Waals surface area contributed by atoms with E-state index in [1.807, 2.05) is 13.0 Å². The van der Waals surface area contributed by atoms with Crippen LogP contribution in [0.5, 0.6) is 0 Å². The SMILES string of the molecule is Cc1ccc2cn(F)nc2n1. The lowest BCUT2D eigenvalue weighted by Gasteiger charge is -1.87. The number of aromatic nitrogens is 3. The van der Waals surface area contributed by atoms with E-state index in [0.717, 1.165) is 11.1 Å². The Morgan fingerprint density at radius 2 is 2.27 bits per heavy atom. The molecule has 0 radical (unpaired) electrons. The monoisotopic (exact) mass is 151 g/mol. The third-order valence-corrected chi connectivity index (χ3v) is 1.48. The van der Waals surface area contributed by atoms with Crippen LogP contribution in [0.3, 0.4) is 0 Å². The topological polar surface area (TPSA) is 30.7 Å². The number of hydrogen-bond acceptors (Lipinski definition) is 2. The van der Waals surface area contributed by atoms with Gasteiger partial charge >= 0.3 is 0 Å². The molecule has 0 bridgehead atoms. The molecule has 0 fully saturated rings. The molecule has 0 aliphatic carbocycles. The van der Waals surface area contributed by atoms with Crippen molar-refractivity contribution >= 4 is 11.0 Å². The number of pyridine rings is 1. The summed E-state index contributed by atoms with van der Waals surface area (Å²) in [6.45, 7) is 1.84. The summed E-state index contributed by atoms with van der Waals surface area (Å²) < 4.78 is 12.4. The molecule has 0 aliphatic heterocycles. The van der Waals surface area contributed by atoms with Crippen LogP contribution in [0.15, 0.2) is 18.3 Å². The largest absolute Gasteiger partial charge is 0.232 e. The van der Waals surface area contributed by atoms with Gasteiger partial charge < -0.3 is 0 Å². The Balaban J connectivity index is 2.82. The maximum atomic E-state index is 12.4. The van der Waals surface area contributed by atoms with Crippen LogP contribution < -0.4 is 0 Å². The number of nitrogens with zero attached hydrogens (tertiary/aromatic N) is 3. The van der Waals surface area contributed by atoms with Crippen molar-refractivity contribution in [2.45, 2.75) is 6.92 Å². The van der Waals surface area contributed by atoms with Crippen LogP contribution in [0.2, 0.25) is 0 Å². The summed E-state index contributed by atoms with van der Waals surface area (Å²) in [4.78, 5) is 4.30. The molecule has 0 spiro atoms. The molecule has 0 aliphatic rings. The normalized spacial score (nSPS) is 10.7. The third kappa shape index (κ3) is 0.960. The average molecular weight is 151 g/mol. The van der Waals surface area contributed by atoms with E-state index in [1.165, 1.54) is 6.20 Å². The highest BCUT2D eigenvalue weighted by Crippen LogP contribution is 2.09. The second-order valence-electron chi connectivity index (χ2n) is 2.38. The molecule has 2 aromatic rings. The molecular formula is C7H6FN3. The molecule has 2 aromatic heterocycles. The highest BCUT2D eigenvalue weighted by Gasteiger charge is 1.99. The predicted octanol–water partition coefficient (Wildman–Crippen LogP) is 1.47. The lowest BCUT2D eigenvalue weighted by molar-refractivity contribution is 0.319. The summed E-state index contributed by atoms with van der Waals surface area (Å²) in [6, 6.07) is 3.62. The van der Waals surface area contributed by atoms with E-state index in [2.05, 4.69) is 10.1 Å². The second kappa shape index (κ2) is 2.02. The molecule has 0 aromatic carbocycles. The fourth-order valence-corrected chi connectivity index (χ4v) is 0.969. The number of aryl methyl sites for hydroxylation is 1. The van der Waals surface area contributed by atoms with Gasteiger partial charge in [-0.1, -0.05) is 4.48 Å². The van der Waals surface area contributed by atoms with Gasteiger partial charge in [0.2, 0.25) is 0 Å². The minimum atomic E-state index is 0.275. The van der Waals surface area contributed by atoms with E-state index in [-0.39, 0.29) is 4.90 Å². The summed E-state index contributed by atoms with van der Waals surface area (Å²) in [6.07, 6.45) is 1.29. The molecule has 11 heavy (non-hydrogen) atoms. The van der Waals surface area contributed by atoms with Crippen molar-refractivity contribution in [2.75, 3.05) is 0 Å². The Hall–Kier alpha value is -1.45.